The Labute approximate surface area is 114 Å². The lowest BCUT2D eigenvalue weighted by atomic mass is 9.82. The number of aliphatic hydroxyl groups is 1. The van der Waals surface area contributed by atoms with Crippen LogP contribution < -0.4 is 4.74 Å². The fourth-order valence-electron chi connectivity index (χ4n) is 2.33. The summed E-state index contributed by atoms with van der Waals surface area (Å²) in [4.78, 5) is 2.24. The molecule has 0 atom stereocenters. The van der Waals surface area contributed by atoms with Crippen molar-refractivity contribution >= 4 is 0 Å². The van der Waals surface area contributed by atoms with Crippen LogP contribution in [0.15, 0.2) is 24.3 Å². The van der Waals surface area contributed by atoms with Gasteiger partial charge < -0.3 is 14.7 Å². The van der Waals surface area contributed by atoms with Crippen molar-refractivity contribution in [2.24, 2.45) is 5.92 Å². The second-order valence-corrected chi connectivity index (χ2v) is 5.24. The maximum absolute atomic E-state index is 9.23. The lowest BCUT2D eigenvalue weighted by Gasteiger charge is -2.34. The lowest BCUT2D eigenvalue weighted by molar-refractivity contribution is 0.0269. The molecule has 0 aliphatic heterocycles. The van der Waals surface area contributed by atoms with Gasteiger partial charge in [-0.05, 0) is 50.1 Å². The molecule has 1 aromatic rings. The van der Waals surface area contributed by atoms with Gasteiger partial charge in [0.2, 0.25) is 0 Å². The quantitative estimate of drug-likeness (QED) is 0.845. The molecule has 1 fully saturated rings. The second kappa shape index (κ2) is 6.55. The van der Waals surface area contributed by atoms with Crippen LogP contribution in [0.25, 0.3) is 0 Å². The predicted molar refractivity (Wildman–Crippen MR) is 72.9 cm³/mol. The summed E-state index contributed by atoms with van der Waals surface area (Å²) in [5.74, 6) is 1.43. The first-order valence-electron chi connectivity index (χ1n) is 6.67. The smallest absolute Gasteiger partial charge is 0.119 e. The van der Waals surface area contributed by atoms with E-state index < -0.39 is 0 Å². The number of likely N-dealkylation sites (N-methyl/N-ethyl adjacent to an activating group) is 1. The number of aliphatic hydroxyl groups excluding tert-OH is 1. The SMILES string of the molecule is CN(CCOc1ccc(C#N)cc1)CC1CC(O)C1. The van der Waals surface area contributed by atoms with Gasteiger partial charge in [0.1, 0.15) is 12.4 Å². The van der Waals surface area contributed by atoms with Crippen molar-refractivity contribution in [2.45, 2.75) is 18.9 Å². The highest BCUT2D eigenvalue weighted by molar-refractivity contribution is 5.34. The molecule has 1 N–H and O–H groups in total. The minimum Gasteiger partial charge on any atom is -0.492 e. The Kier molecular flexibility index (Phi) is 4.78. The molecule has 19 heavy (non-hydrogen) atoms. The zero-order valence-electron chi connectivity index (χ0n) is 11.2. The predicted octanol–water partition coefficient (Wildman–Crippen LogP) is 1.64. The Balaban J connectivity index is 1.64. The van der Waals surface area contributed by atoms with Gasteiger partial charge in [0.05, 0.1) is 17.7 Å². The van der Waals surface area contributed by atoms with E-state index in [1.165, 1.54) is 0 Å². The molecule has 4 heteroatoms. The molecule has 1 saturated carbocycles. The van der Waals surface area contributed by atoms with Gasteiger partial charge >= 0.3 is 0 Å². The summed E-state index contributed by atoms with van der Waals surface area (Å²) >= 11 is 0. The van der Waals surface area contributed by atoms with Crippen LogP contribution in [0, 0.1) is 17.2 Å². The Bertz CT molecular complexity index is 432. The highest BCUT2D eigenvalue weighted by Gasteiger charge is 2.27. The van der Waals surface area contributed by atoms with Gasteiger partial charge in [0.25, 0.3) is 0 Å². The Hall–Kier alpha value is -1.57. The summed E-state index contributed by atoms with van der Waals surface area (Å²) in [7, 11) is 2.08. The molecule has 0 radical (unpaired) electrons. The van der Waals surface area contributed by atoms with Gasteiger partial charge in [0, 0.05) is 13.1 Å². The Morgan fingerprint density at radius 1 is 1.37 bits per heavy atom. The topological polar surface area (TPSA) is 56.5 Å². The number of hydrogen-bond donors (Lipinski definition) is 1. The van der Waals surface area contributed by atoms with E-state index in [0.717, 1.165) is 31.7 Å². The molecule has 0 aromatic heterocycles. The highest BCUT2D eigenvalue weighted by Crippen LogP contribution is 2.27. The number of rotatable bonds is 6. The zero-order valence-corrected chi connectivity index (χ0v) is 11.2. The average Bonchev–Trinajstić information content (AvgIpc) is 2.38. The average molecular weight is 260 g/mol. The van der Waals surface area contributed by atoms with E-state index >= 15 is 0 Å². The van der Waals surface area contributed by atoms with Gasteiger partial charge in [-0.1, -0.05) is 0 Å². The van der Waals surface area contributed by atoms with Crippen LogP contribution in [-0.2, 0) is 0 Å². The largest absolute Gasteiger partial charge is 0.492 e. The minimum atomic E-state index is -0.0756. The summed E-state index contributed by atoms with van der Waals surface area (Å²) in [6.07, 6.45) is 1.79. The fourth-order valence-corrected chi connectivity index (χ4v) is 2.33. The normalized spacial score (nSPS) is 21.8. The van der Waals surface area contributed by atoms with Gasteiger partial charge in [-0.3, -0.25) is 0 Å². The summed E-state index contributed by atoms with van der Waals surface area (Å²) in [5, 5.41) is 17.9. The van der Waals surface area contributed by atoms with E-state index in [0.29, 0.717) is 18.1 Å². The molecule has 0 unspecified atom stereocenters. The third kappa shape index (κ3) is 4.23. The van der Waals surface area contributed by atoms with Crippen LogP contribution in [0.2, 0.25) is 0 Å². The van der Waals surface area contributed by atoms with Crippen molar-refractivity contribution in [3.63, 3.8) is 0 Å². The number of hydrogen-bond acceptors (Lipinski definition) is 4. The van der Waals surface area contributed by atoms with Crippen LogP contribution in [0.1, 0.15) is 18.4 Å². The maximum atomic E-state index is 9.23. The molecule has 0 saturated heterocycles. The first kappa shape index (κ1) is 13.9. The van der Waals surface area contributed by atoms with Crippen LogP contribution in [0.3, 0.4) is 0 Å². The summed E-state index contributed by atoms with van der Waals surface area (Å²) in [6, 6.07) is 9.24. The molecule has 2 rings (SSSR count). The lowest BCUT2D eigenvalue weighted by Crippen LogP contribution is -2.38. The van der Waals surface area contributed by atoms with Crippen LogP contribution in [0.4, 0.5) is 0 Å². The fraction of sp³-hybridized carbons (Fsp3) is 0.533. The standard InChI is InChI=1S/C15H20N2O2/c1-17(11-13-8-14(18)9-13)6-7-19-15-4-2-12(10-16)3-5-15/h2-5,13-14,18H,6-9,11H2,1H3. The molecule has 0 heterocycles. The van der Waals surface area contributed by atoms with E-state index in [-0.39, 0.29) is 6.10 Å². The van der Waals surface area contributed by atoms with Crippen molar-refractivity contribution in [3.05, 3.63) is 29.8 Å². The monoisotopic (exact) mass is 260 g/mol. The molecule has 1 aliphatic carbocycles. The molecule has 102 valence electrons. The van der Waals surface area contributed by atoms with E-state index in [9.17, 15) is 5.11 Å². The first-order valence-corrected chi connectivity index (χ1v) is 6.67. The summed E-state index contributed by atoms with van der Waals surface area (Å²) in [6.45, 7) is 2.53. The molecule has 4 nitrogen and oxygen atoms in total. The molecular formula is C15H20N2O2. The van der Waals surface area contributed by atoms with Crippen LogP contribution in [-0.4, -0.2) is 42.9 Å². The van der Waals surface area contributed by atoms with E-state index in [4.69, 9.17) is 10.00 Å². The Morgan fingerprint density at radius 3 is 2.63 bits per heavy atom. The van der Waals surface area contributed by atoms with Gasteiger partial charge in [-0.2, -0.15) is 5.26 Å². The van der Waals surface area contributed by atoms with Crippen molar-refractivity contribution in [1.29, 1.82) is 5.26 Å². The Morgan fingerprint density at radius 2 is 2.05 bits per heavy atom. The number of nitriles is 1. The van der Waals surface area contributed by atoms with Crippen molar-refractivity contribution < 1.29 is 9.84 Å². The van der Waals surface area contributed by atoms with Crippen LogP contribution >= 0.6 is 0 Å². The molecule has 0 bridgehead atoms. The molecule has 1 aliphatic rings. The first-order chi connectivity index (χ1) is 9.17. The van der Waals surface area contributed by atoms with Crippen molar-refractivity contribution in [3.8, 4) is 11.8 Å². The maximum Gasteiger partial charge on any atom is 0.119 e. The third-order valence-corrected chi connectivity index (χ3v) is 3.51. The van der Waals surface area contributed by atoms with Gasteiger partial charge in [0.15, 0.2) is 0 Å². The summed E-state index contributed by atoms with van der Waals surface area (Å²) in [5.41, 5.74) is 0.646. The second-order valence-electron chi connectivity index (χ2n) is 5.24. The van der Waals surface area contributed by atoms with Crippen molar-refractivity contribution in [1.82, 2.24) is 4.90 Å². The molecule has 1 aromatic carbocycles. The number of ether oxygens (including phenoxy) is 1. The van der Waals surface area contributed by atoms with E-state index in [1.807, 2.05) is 12.1 Å². The molecule has 0 spiro atoms. The summed E-state index contributed by atoms with van der Waals surface area (Å²) < 4.78 is 5.63. The number of nitrogens with zero attached hydrogens (tertiary/aromatic N) is 2. The van der Waals surface area contributed by atoms with Crippen molar-refractivity contribution in [2.75, 3.05) is 26.7 Å². The minimum absolute atomic E-state index is 0.0756. The molecule has 0 amide bonds. The molecular weight excluding hydrogens is 240 g/mol. The van der Waals surface area contributed by atoms with Crippen LogP contribution in [0.5, 0.6) is 5.75 Å². The number of benzene rings is 1. The van der Waals surface area contributed by atoms with Gasteiger partial charge in [-0.15, -0.1) is 0 Å². The third-order valence-electron chi connectivity index (χ3n) is 3.51. The van der Waals surface area contributed by atoms with E-state index in [2.05, 4.69) is 18.0 Å². The van der Waals surface area contributed by atoms with E-state index in [1.54, 1.807) is 12.1 Å². The zero-order chi connectivity index (χ0) is 13.7. The van der Waals surface area contributed by atoms with Gasteiger partial charge in [-0.25, -0.2) is 0 Å². The highest BCUT2D eigenvalue weighted by atomic mass is 16.5.